The lowest BCUT2D eigenvalue weighted by Gasteiger charge is -2.31. The molecule has 0 radical (unpaired) electrons. The molecule has 2 amide bonds. The van der Waals surface area contributed by atoms with Gasteiger partial charge in [-0.3, -0.25) is 9.59 Å². The minimum Gasteiger partial charge on any atom is -0.494 e. The number of ether oxygens (including phenoxy) is 1. The zero-order valence-electron chi connectivity index (χ0n) is 16.2. The number of carbonyl (C=O) groups is 2. The van der Waals surface area contributed by atoms with Gasteiger partial charge >= 0.3 is 0 Å². The topological polar surface area (TPSA) is 79.5 Å². The highest BCUT2D eigenvalue weighted by Gasteiger charge is 2.28. The molecule has 0 aromatic heterocycles. The lowest BCUT2D eigenvalue weighted by molar-refractivity contribution is -0.124. The minimum atomic E-state index is -0.556. The molecule has 2 rings (SSSR count). The number of nitrogens with one attached hydrogen (secondary N) is 3. The number of amides is 2. The van der Waals surface area contributed by atoms with Gasteiger partial charge < -0.3 is 20.7 Å². The van der Waals surface area contributed by atoms with Gasteiger partial charge in [0.15, 0.2) is 0 Å². The molecule has 6 heteroatoms. The largest absolute Gasteiger partial charge is 0.494 e. The van der Waals surface area contributed by atoms with Crippen molar-refractivity contribution >= 4 is 11.8 Å². The molecule has 144 valence electrons. The van der Waals surface area contributed by atoms with Crippen molar-refractivity contribution in [2.24, 2.45) is 5.92 Å². The van der Waals surface area contributed by atoms with E-state index in [1.807, 2.05) is 20.8 Å². The van der Waals surface area contributed by atoms with E-state index in [2.05, 4.69) is 22.9 Å². The van der Waals surface area contributed by atoms with Gasteiger partial charge in [-0.1, -0.05) is 13.8 Å². The van der Waals surface area contributed by atoms with Gasteiger partial charge in [0.1, 0.15) is 11.8 Å². The Kier molecular flexibility index (Phi) is 7.45. The van der Waals surface area contributed by atoms with Crippen LogP contribution in [-0.4, -0.2) is 43.1 Å². The summed E-state index contributed by atoms with van der Waals surface area (Å²) in [5.41, 5.74) is 0.516. The van der Waals surface area contributed by atoms with Crippen LogP contribution in [0.1, 0.15) is 50.9 Å². The smallest absolute Gasteiger partial charge is 0.251 e. The van der Waals surface area contributed by atoms with E-state index in [0.29, 0.717) is 18.2 Å². The van der Waals surface area contributed by atoms with Crippen molar-refractivity contribution in [1.29, 1.82) is 0 Å². The lowest BCUT2D eigenvalue weighted by atomic mass is 9.98. The predicted molar refractivity (Wildman–Crippen MR) is 102 cm³/mol. The first-order valence-corrected chi connectivity index (χ1v) is 9.48. The molecule has 1 aliphatic heterocycles. The third-order valence-electron chi connectivity index (χ3n) is 4.63. The highest BCUT2D eigenvalue weighted by atomic mass is 16.5. The molecule has 1 aromatic carbocycles. The van der Waals surface area contributed by atoms with E-state index in [4.69, 9.17) is 4.74 Å². The molecular weight excluding hydrogens is 330 g/mol. The first-order chi connectivity index (χ1) is 12.4. The number of benzene rings is 1. The normalized spacial score (nSPS) is 21.1. The monoisotopic (exact) mass is 361 g/mol. The average Bonchev–Trinajstić information content (AvgIpc) is 2.60. The van der Waals surface area contributed by atoms with Crippen LogP contribution in [0.4, 0.5) is 0 Å². The summed E-state index contributed by atoms with van der Waals surface area (Å²) >= 11 is 0. The first-order valence-electron chi connectivity index (χ1n) is 9.48. The first kappa shape index (κ1) is 20.2. The van der Waals surface area contributed by atoms with E-state index in [1.165, 1.54) is 0 Å². The van der Waals surface area contributed by atoms with Crippen LogP contribution in [0.25, 0.3) is 0 Å². The Morgan fingerprint density at radius 2 is 1.96 bits per heavy atom. The fourth-order valence-corrected chi connectivity index (χ4v) is 3.18. The summed E-state index contributed by atoms with van der Waals surface area (Å²) in [7, 11) is 0. The molecule has 1 aliphatic rings. The molecular formula is C20H31N3O3. The Labute approximate surface area is 156 Å². The van der Waals surface area contributed by atoms with Crippen molar-refractivity contribution in [2.45, 2.75) is 58.7 Å². The van der Waals surface area contributed by atoms with Gasteiger partial charge in [-0.05, 0) is 63.4 Å². The van der Waals surface area contributed by atoms with Gasteiger partial charge in [-0.25, -0.2) is 0 Å². The van der Waals surface area contributed by atoms with Crippen molar-refractivity contribution in [2.75, 3.05) is 13.2 Å². The minimum absolute atomic E-state index is 0.000729. The number of hydrogen-bond donors (Lipinski definition) is 3. The highest BCUT2D eigenvalue weighted by molar-refractivity contribution is 5.97. The summed E-state index contributed by atoms with van der Waals surface area (Å²) in [5.74, 6) is 0.363. The molecule has 0 saturated carbocycles. The Morgan fingerprint density at radius 1 is 1.27 bits per heavy atom. The second kappa shape index (κ2) is 9.57. The number of rotatable bonds is 7. The molecule has 26 heavy (non-hydrogen) atoms. The molecule has 1 saturated heterocycles. The maximum atomic E-state index is 12.7. The van der Waals surface area contributed by atoms with Crippen LogP contribution in [0.3, 0.4) is 0 Å². The highest BCUT2D eigenvalue weighted by Crippen LogP contribution is 2.14. The third-order valence-corrected chi connectivity index (χ3v) is 4.63. The second-order valence-electron chi connectivity index (χ2n) is 7.24. The molecule has 1 fully saturated rings. The van der Waals surface area contributed by atoms with Crippen LogP contribution in [0.5, 0.6) is 5.75 Å². The molecule has 3 atom stereocenters. The van der Waals surface area contributed by atoms with Crippen molar-refractivity contribution < 1.29 is 14.3 Å². The quantitative estimate of drug-likeness (QED) is 0.695. The van der Waals surface area contributed by atoms with Crippen molar-refractivity contribution in [3.63, 3.8) is 0 Å². The molecule has 1 aromatic rings. The summed E-state index contributed by atoms with van der Waals surface area (Å²) in [6.45, 7) is 9.39. The number of piperidine rings is 1. The van der Waals surface area contributed by atoms with Crippen LogP contribution in [-0.2, 0) is 4.79 Å². The van der Waals surface area contributed by atoms with Crippen LogP contribution < -0.4 is 20.7 Å². The molecule has 0 aliphatic carbocycles. The molecule has 3 unspecified atom stereocenters. The van der Waals surface area contributed by atoms with Gasteiger partial charge in [0.05, 0.1) is 6.61 Å². The van der Waals surface area contributed by atoms with E-state index in [-0.39, 0.29) is 23.8 Å². The van der Waals surface area contributed by atoms with Gasteiger partial charge in [-0.2, -0.15) is 0 Å². The van der Waals surface area contributed by atoms with Crippen LogP contribution in [0.15, 0.2) is 24.3 Å². The number of carbonyl (C=O) groups excluding carboxylic acids is 2. The lowest BCUT2D eigenvalue weighted by Crippen LogP contribution is -2.54. The number of hydrogen-bond acceptors (Lipinski definition) is 4. The fourth-order valence-electron chi connectivity index (χ4n) is 3.18. The zero-order chi connectivity index (χ0) is 19.1. The van der Waals surface area contributed by atoms with Gasteiger partial charge in [0.25, 0.3) is 5.91 Å². The Bertz CT molecular complexity index is 601. The molecule has 0 bridgehead atoms. The Balaban J connectivity index is 1.97. The molecule has 1 heterocycles. The molecule has 6 nitrogen and oxygen atoms in total. The van der Waals surface area contributed by atoms with Crippen molar-refractivity contribution in [1.82, 2.24) is 16.0 Å². The standard InChI is InChI=1S/C20H31N3O3/c1-5-26-17-8-6-15(7-9-17)19(24)23-18(13(2)3)20(25)22-16-10-11-21-14(4)12-16/h6-9,13-14,16,18,21H,5,10-12H2,1-4H3,(H,22,25)(H,23,24). The SMILES string of the molecule is CCOc1ccc(C(=O)NC(C(=O)NC2CCNC(C)C2)C(C)C)cc1. The molecule has 3 N–H and O–H groups in total. The van der Waals surface area contributed by atoms with E-state index in [0.717, 1.165) is 25.1 Å². The summed E-state index contributed by atoms with van der Waals surface area (Å²) in [4.78, 5) is 25.2. The Hall–Kier alpha value is -2.08. The summed E-state index contributed by atoms with van der Waals surface area (Å²) in [6.07, 6.45) is 1.82. The summed E-state index contributed by atoms with van der Waals surface area (Å²) in [6, 6.07) is 6.94. The summed E-state index contributed by atoms with van der Waals surface area (Å²) < 4.78 is 5.39. The van der Waals surface area contributed by atoms with E-state index >= 15 is 0 Å². The van der Waals surface area contributed by atoms with Gasteiger partial charge in [0, 0.05) is 17.6 Å². The van der Waals surface area contributed by atoms with Crippen LogP contribution >= 0.6 is 0 Å². The van der Waals surface area contributed by atoms with Crippen LogP contribution in [0.2, 0.25) is 0 Å². The van der Waals surface area contributed by atoms with E-state index in [1.54, 1.807) is 24.3 Å². The average molecular weight is 361 g/mol. The van der Waals surface area contributed by atoms with Gasteiger partial charge in [0.2, 0.25) is 5.91 Å². The molecule has 0 spiro atoms. The van der Waals surface area contributed by atoms with Crippen molar-refractivity contribution in [3.8, 4) is 5.75 Å². The van der Waals surface area contributed by atoms with E-state index in [9.17, 15) is 9.59 Å². The van der Waals surface area contributed by atoms with Gasteiger partial charge in [-0.15, -0.1) is 0 Å². The summed E-state index contributed by atoms with van der Waals surface area (Å²) in [5, 5.41) is 9.35. The maximum Gasteiger partial charge on any atom is 0.251 e. The third kappa shape index (κ3) is 5.73. The second-order valence-corrected chi connectivity index (χ2v) is 7.24. The maximum absolute atomic E-state index is 12.7. The van der Waals surface area contributed by atoms with Crippen LogP contribution in [0, 0.1) is 5.92 Å². The van der Waals surface area contributed by atoms with E-state index < -0.39 is 6.04 Å². The van der Waals surface area contributed by atoms with Crippen molar-refractivity contribution in [3.05, 3.63) is 29.8 Å². The predicted octanol–water partition coefficient (Wildman–Crippen LogP) is 2.10. The zero-order valence-corrected chi connectivity index (χ0v) is 16.2. The Morgan fingerprint density at radius 3 is 2.54 bits per heavy atom. The fraction of sp³-hybridized carbons (Fsp3) is 0.600.